The smallest absolute Gasteiger partial charge is 0.279 e. The lowest BCUT2D eigenvalue weighted by Gasteiger charge is -2.33. The normalized spacial score (nSPS) is 22.7. The number of hydrogen-bond acceptors (Lipinski definition) is 5. The second-order valence-corrected chi connectivity index (χ2v) is 7.34. The highest BCUT2D eigenvalue weighted by Gasteiger charge is 2.59. The maximum absolute atomic E-state index is 13.3. The third kappa shape index (κ3) is 2.36. The summed E-state index contributed by atoms with van der Waals surface area (Å²) in [6, 6.07) is 6.92. The van der Waals surface area contributed by atoms with Gasteiger partial charge in [0.25, 0.3) is 11.5 Å². The second-order valence-electron chi connectivity index (χ2n) is 7.34. The highest BCUT2D eigenvalue weighted by Crippen LogP contribution is 2.54. The minimum absolute atomic E-state index is 0.155. The summed E-state index contributed by atoms with van der Waals surface area (Å²) in [5, 5.41) is 7.20. The molecule has 2 aliphatic rings. The lowest BCUT2D eigenvalue weighted by molar-refractivity contribution is -0.121. The SMILES string of the molecule is Cn1cc([C@@H]2N(C(=O)c3ncc[nH]c3=O)CC[C@]23C(=O)Nc2ccccc23)cn1. The molecule has 9 heteroatoms. The molecule has 0 aliphatic carbocycles. The first kappa shape index (κ1) is 17.4. The number of H-pyrrole nitrogens is 1. The Hall–Kier alpha value is -3.75. The number of nitrogens with zero attached hydrogens (tertiary/aromatic N) is 4. The monoisotopic (exact) mass is 390 g/mol. The van der Waals surface area contributed by atoms with Gasteiger partial charge in [-0.25, -0.2) is 4.98 Å². The van der Waals surface area contributed by atoms with Crippen molar-refractivity contribution in [1.82, 2.24) is 24.6 Å². The molecule has 1 aromatic carbocycles. The molecule has 2 atom stereocenters. The van der Waals surface area contributed by atoms with E-state index in [1.807, 2.05) is 24.3 Å². The number of carbonyl (C=O) groups is 2. The largest absolute Gasteiger partial charge is 0.328 e. The maximum Gasteiger partial charge on any atom is 0.279 e. The highest BCUT2D eigenvalue weighted by atomic mass is 16.2. The van der Waals surface area contributed by atoms with Crippen molar-refractivity contribution in [2.75, 3.05) is 11.9 Å². The molecular weight excluding hydrogens is 372 g/mol. The molecule has 0 radical (unpaired) electrons. The molecule has 2 aliphatic heterocycles. The zero-order valence-corrected chi connectivity index (χ0v) is 15.6. The number of fused-ring (bicyclic) bond motifs is 2. The first-order valence-corrected chi connectivity index (χ1v) is 9.26. The zero-order valence-electron chi connectivity index (χ0n) is 15.6. The average Bonchev–Trinajstić information content (AvgIpc) is 3.39. The number of benzene rings is 1. The van der Waals surface area contributed by atoms with E-state index in [4.69, 9.17) is 0 Å². The summed E-state index contributed by atoms with van der Waals surface area (Å²) in [4.78, 5) is 46.8. The molecule has 1 saturated heterocycles. The summed E-state index contributed by atoms with van der Waals surface area (Å²) in [5.41, 5.74) is 0.638. The quantitative estimate of drug-likeness (QED) is 0.677. The lowest BCUT2D eigenvalue weighted by atomic mass is 9.73. The van der Waals surface area contributed by atoms with Gasteiger partial charge in [-0.05, 0) is 18.1 Å². The second kappa shape index (κ2) is 6.13. The number of aromatic nitrogens is 4. The Balaban J connectivity index is 1.69. The molecule has 2 aromatic heterocycles. The molecule has 4 heterocycles. The van der Waals surface area contributed by atoms with Gasteiger partial charge >= 0.3 is 0 Å². The molecule has 2 N–H and O–H groups in total. The van der Waals surface area contributed by atoms with E-state index >= 15 is 0 Å². The fourth-order valence-corrected chi connectivity index (χ4v) is 4.59. The number of amides is 2. The van der Waals surface area contributed by atoms with Crippen molar-refractivity contribution in [2.24, 2.45) is 7.05 Å². The van der Waals surface area contributed by atoms with E-state index in [0.717, 1.165) is 16.8 Å². The van der Waals surface area contributed by atoms with Crippen molar-refractivity contribution in [1.29, 1.82) is 0 Å². The molecule has 3 aromatic rings. The number of rotatable bonds is 2. The number of aryl methyl sites for hydroxylation is 1. The van der Waals surface area contributed by atoms with Crippen LogP contribution in [-0.4, -0.2) is 43.0 Å². The Morgan fingerprint density at radius 1 is 1.28 bits per heavy atom. The molecular formula is C20H18N6O3. The minimum atomic E-state index is -0.948. The van der Waals surface area contributed by atoms with Crippen molar-refractivity contribution in [3.05, 3.63) is 76.2 Å². The molecule has 0 bridgehead atoms. The first-order valence-electron chi connectivity index (χ1n) is 9.26. The van der Waals surface area contributed by atoms with Crippen LogP contribution in [0.15, 0.2) is 53.8 Å². The summed E-state index contributed by atoms with van der Waals surface area (Å²) in [5.74, 6) is -0.660. The van der Waals surface area contributed by atoms with Crippen LogP contribution >= 0.6 is 0 Å². The van der Waals surface area contributed by atoms with Crippen LogP contribution in [0.25, 0.3) is 0 Å². The fraction of sp³-hybridized carbons (Fsp3) is 0.250. The molecule has 0 unspecified atom stereocenters. The van der Waals surface area contributed by atoms with Crippen LogP contribution in [0.3, 0.4) is 0 Å². The molecule has 2 amide bonds. The van der Waals surface area contributed by atoms with Gasteiger partial charge in [-0.15, -0.1) is 0 Å². The van der Waals surface area contributed by atoms with E-state index < -0.39 is 22.9 Å². The lowest BCUT2D eigenvalue weighted by Crippen LogP contribution is -2.43. The summed E-state index contributed by atoms with van der Waals surface area (Å²) in [6.45, 7) is 0.316. The molecule has 146 valence electrons. The van der Waals surface area contributed by atoms with E-state index in [-0.39, 0.29) is 11.6 Å². The van der Waals surface area contributed by atoms with Gasteiger partial charge in [-0.2, -0.15) is 5.10 Å². The van der Waals surface area contributed by atoms with Gasteiger partial charge in [0.1, 0.15) is 5.41 Å². The molecule has 1 fully saturated rings. The van der Waals surface area contributed by atoms with Crippen LogP contribution in [-0.2, 0) is 17.3 Å². The van der Waals surface area contributed by atoms with Crippen molar-refractivity contribution >= 4 is 17.5 Å². The molecule has 9 nitrogen and oxygen atoms in total. The topological polar surface area (TPSA) is 113 Å². The number of likely N-dealkylation sites (tertiary alicyclic amines) is 1. The third-order valence-corrected chi connectivity index (χ3v) is 5.80. The van der Waals surface area contributed by atoms with Gasteiger partial charge in [-0.3, -0.25) is 19.1 Å². The van der Waals surface area contributed by atoms with Crippen molar-refractivity contribution in [3.63, 3.8) is 0 Å². The molecule has 1 spiro atoms. The molecule has 0 saturated carbocycles. The van der Waals surface area contributed by atoms with Crippen molar-refractivity contribution in [2.45, 2.75) is 17.9 Å². The van der Waals surface area contributed by atoms with E-state index in [0.29, 0.717) is 13.0 Å². The first-order chi connectivity index (χ1) is 14.0. The van der Waals surface area contributed by atoms with Gasteiger partial charge in [0.2, 0.25) is 5.91 Å². The van der Waals surface area contributed by atoms with Gasteiger partial charge in [-0.1, -0.05) is 18.2 Å². The van der Waals surface area contributed by atoms with Gasteiger partial charge in [0.05, 0.1) is 12.2 Å². The van der Waals surface area contributed by atoms with Gasteiger partial charge in [0, 0.05) is 43.4 Å². The van der Waals surface area contributed by atoms with Gasteiger partial charge < -0.3 is 15.2 Å². The van der Waals surface area contributed by atoms with Crippen LogP contribution in [0.2, 0.25) is 0 Å². The number of para-hydroxylation sites is 1. The number of anilines is 1. The summed E-state index contributed by atoms with van der Waals surface area (Å²) < 4.78 is 1.64. The van der Waals surface area contributed by atoms with Crippen LogP contribution in [0.5, 0.6) is 0 Å². The molecule has 5 rings (SSSR count). The average molecular weight is 390 g/mol. The van der Waals surface area contributed by atoms with Crippen LogP contribution in [0, 0.1) is 0 Å². The number of hydrogen-bond donors (Lipinski definition) is 2. The van der Waals surface area contributed by atoms with Crippen molar-refractivity contribution in [3.8, 4) is 0 Å². The Bertz CT molecular complexity index is 1200. The Labute approximate surface area is 165 Å². The third-order valence-electron chi connectivity index (χ3n) is 5.80. The van der Waals surface area contributed by atoms with E-state index in [9.17, 15) is 14.4 Å². The summed E-state index contributed by atoms with van der Waals surface area (Å²) >= 11 is 0. The van der Waals surface area contributed by atoms with E-state index in [2.05, 4.69) is 20.4 Å². The summed E-state index contributed by atoms with van der Waals surface area (Å²) in [6.07, 6.45) is 6.65. The molecule has 29 heavy (non-hydrogen) atoms. The predicted octanol–water partition coefficient (Wildman–Crippen LogP) is 0.981. The number of carbonyl (C=O) groups excluding carboxylic acids is 2. The standard InChI is InChI=1S/C20H18N6O3/c1-25-11-12(10-23-25)16-20(13-4-2-3-5-14(13)24-19(20)29)6-9-26(16)18(28)15-17(27)22-8-7-21-15/h2-5,7-8,10-11,16H,6,9H2,1H3,(H,22,27)(H,24,29)/t16-,20+/m0/s1. The Kier molecular flexibility index (Phi) is 3.67. The minimum Gasteiger partial charge on any atom is -0.328 e. The van der Waals surface area contributed by atoms with E-state index in [1.165, 1.54) is 12.4 Å². The Morgan fingerprint density at radius 3 is 2.86 bits per heavy atom. The van der Waals surface area contributed by atoms with Crippen LogP contribution in [0.1, 0.15) is 34.1 Å². The van der Waals surface area contributed by atoms with E-state index in [1.54, 1.807) is 29.0 Å². The Morgan fingerprint density at radius 2 is 2.10 bits per heavy atom. The number of aromatic amines is 1. The predicted molar refractivity (Wildman–Crippen MR) is 103 cm³/mol. The fourth-order valence-electron chi connectivity index (χ4n) is 4.59. The van der Waals surface area contributed by atoms with Crippen LogP contribution < -0.4 is 10.9 Å². The van der Waals surface area contributed by atoms with Gasteiger partial charge in [0.15, 0.2) is 5.69 Å². The zero-order chi connectivity index (χ0) is 20.2. The highest BCUT2D eigenvalue weighted by molar-refractivity contribution is 6.08. The van der Waals surface area contributed by atoms with Crippen molar-refractivity contribution < 1.29 is 9.59 Å². The number of nitrogens with one attached hydrogen (secondary N) is 2. The summed E-state index contributed by atoms with van der Waals surface area (Å²) in [7, 11) is 1.78. The van der Waals surface area contributed by atoms with Crippen LogP contribution in [0.4, 0.5) is 5.69 Å². The maximum atomic E-state index is 13.3.